The van der Waals surface area contributed by atoms with E-state index in [9.17, 15) is 41.3 Å². The number of pyridine rings is 1. The summed E-state index contributed by atoms with van der Waals surface area (Å²) < 4.78 is 79.5. The van der Waals surface area contributed by atoms with Crippen LogP contribution in [0, 0.1) is 10.1 Å². The van der Waals surface area contributed by atoms with Crippen molar-refractivity contribution in [3.05, 3.63) is 99.4 Å². The fourth-order valence-corrected chi connectivity index (χ4v) is 3.06. The number of hydrogen-bond acceptors (Lipinski definition) is 4. The Kier molecular flexibility index (Phi) is 6.75. The number of benzene rings is 2. The molecule has 0 aliphatic rings. The van der Waals surface area contributed by atoms with Crippen molar-refractivity contribution in [2.75, 3.05) is 5.32 Å². The summed E-state index contributed by atoms with van der Waals surface area (Å²) in [6, 6.07) is 7.04. The quantitative estimate of drug-likeness (QED) is 0.266. The predicted molar refractivity (Wildman–Crippen MR) is 108 cm³/mol. The number of halogens is 6. The zero-order valence-corrected chi connectivity index (χ0v) is 16.8. The topological polar surface area (TPSA) is 97.2 Å². The third kappa shape index (κ3) is 5.79. The number of nitro benzene ring substituents is 1. The lowest BCUT2D eigenvalue weighted by Gasteiger charge is -2.23. The molecule has 34 heavy (non-hydrogen) atoms. The van der Waals surface area contributed by atoms with E-state index in [-0.39, 0.29) is 16.9 Å². The van der Waals surface area contributed by atoms with Gasteiger partial charge in [-0.05, 0) is 35.9 Å². The van der Waals surface area contributed by atoms with Crippen molar-refractivity contribution in [1.29, 1.82) is 0 Å². The smallest absolute Gasteiger partial charge is 0.325 e. The van der Waals surface area contributed by atoms with E-state index in [0.29, 0.717) is 12.1 Å². The van der Waals surface area contributed by atoms with E-state index in [2.05, 4.69) is 15.6 Å². The number of nitro groups is 1. The highest BCUT2D eigenvalue weighted by Gasteiger charge is 2.37. The van der Waals surface area contributed by atoms with E-state index in [1.54, 1.807) is 0 Å². The van der Waals surface area contributed by atoms with Crippen LogP contribution in [-0.2, 0) is 12.4 Å². The molecule has 0 aliphatic carbocycles. The van der Waals surface area contributed by atoms with E-state index in [0.717, 1.165) is 42.6 Å². The maximum atomic E-state index is 13.6. The van der Waals surface area contributed by atoms with Crippen LogP contribution in [0.2, 0.25) is 0 Å². The van der Waals surface area contributed by atoms with E-state index in [1.165, 1.54) is 12.1 Å². The number of nitrogens with one attached hydrogen (secondary N) is 2. The molecule has 2 N–H and O–H groups in total. The van der Waals surface area contributed by atoms with Crippen molar-refractivity contribution >= 4 is 17.4 Å². The van der Waals surface area contributed by atoms with Crippen LogP contribution in [0.25, 0.3) is 0 Å². The highest BCUT2D eigenvalue weighted by molar-refractivity contribution is 5.90. The second-order valence-corrected chi connectivity index (χ2v) is 6.89. The number of hydrogen-bond donors (Lipinski definition) is 2. The maximum absolute atomic E-state index is 13.6. The van der Waals surface area contributed by atoms with Crippen molar-refractivity contribution in [3.8, 4) is 0 Å². The molecule has 178 valence electrons. The average Bonchev–Trinajstić information content (AvgIpc) is 2.76. The standard InChI is InChI=1S/C21H14F6N4O3/c22-20(23,24)13-8-6-12(7-9-13)17(18-16(21(25,26)27)5-2-10-28-18)30-19(32)29-14-3-1-4-15(11-14)31(33)34/h1-11,17H,(H2,29,30,32). The summed E-state index contributed by atoms with van der Waals surface area (Å²) in [6.45, 7) is 0. The Labute approximate surface area is 187 Å². The Morgan fingerprint density at radius 2 is 1.62 bits per heavy atom. The van der Waals surface area contributed by atoms with Crippen molar-refractivity contribution < 1.29 is 36.1 Å². The molecule has 0 spiro atoms. The number of urea groups is 1. The highest BCUT2D eigenvalue weighted by Crippen LogP contribution is 2.36. The number of carbonyl (C=O) groups excluding carboxylic acids is 1. The van der Waals surface area contributed by atoms with Crippen molar-refractivity contribution in [2.24, 2.45) is 0 Å². The summed E-state index contributed by atoms with van der Waals surface area (Å²) in [6.07, 6.45) is -8.50. The van der Waals surface area contributed by atoms with Gasteiger partial charge in [-0.1, -0.05) is 18.2 Å². The molecule has 0 aliphatic heterocycles. The molecule has 3 rings (SSSR count). The molecule has 7 nitrogen and oxygen atoms in total. The molecule has 2 amide bonds. The second-order valence-electron chi connectivity index (χ2n) is 6.89. The molecule has 3 aromatic rings. The van der Waals surface area contributed by atoms with Crippen molar-refractivity contribution in [2.45, 2.75) is 18.4 Å². The molecule has 0 fully saturated rings. The van der Waals surface area contributed by atoms with Crippen LogP contribution in [0.5, 0.6) is 0 Å². The van der Waals surface area contributed by atoms with Crippen LogP contribution >= 0.6 is 0 Å². The number of rotatable bonds is 5. The summed E-state index contributed by atoms with van der Waals surface area (Å²) >= 11 is 0. The third-order valence-electron chi connectivity index (χ3n) is 4.58. The van der Waals surface area contributed by atoms with Gasteiger partial charge in [0, 0.05) is 24.0 Å². The molecule has 0 radical (unpaired) electrons. The molecule has 1 aromatic heterocycles. The van der Waals surface area contributed by atoms with Gasteiger partial charge in [0.05, 0.1) is 27.8 Å². The van der Waals surface area contributed by atoms with Gasteiger partial charge < -0.3 is 10.6 Å². The molecule has 0 saturated carbocycles. The summed E-state index contributed by atoms with van der Waals surface area (Å²) in [5.74, 6) is 0. The Bertz CT molecular complexity index is 1200. The molecular weight excluding hydrogens is 470 g/mol. The predicted octanol–water partition coefficient (Wildman–Crippen LogP) is 5.94. The Morgan fingerprint density at radius 3 is 2.21 bits per heavy atom. The van der Waals surface area contributed by atoms with Crippen LogP contribution in [0.15, 0.2) is 66.9 Å². The van der Waals surface area contributed by atoms with Gasteiger partial charge in [0.1, 0.15) is 0 Å². The zero-order chi connectivity index (χ0) is 25.1. The lowest BCUT2D eigenvalue weighted by atomic mass is 9.98. The minimum atomic E-state index is -4.87. The fraction of sp³-hybridized carbons (Fsp3) is 0.143. The van der Waals surface area contributed by atoms with E-state index >= 15 is 0 Å². The highest BCUT2D eigenvalue weighted by atomic mass is 19.4. The summed E-state index contributed by atoms with van der Waals surface area (Å²) in [5.41, 5.74) is -3.37. The Morgan fingerprint density at radius 1 is 0.941 bits per heavy atom. The first-order valence-corrected chi connectivity index (χ1v) is 9.37. The van der Waals surface area contributed by atoms with Gasteiger partial charge >= 0.3 is 18.4 Å². The maximum Gasteiger partial charge on any atom is 0.418 e. The zero-order valence-electron chi connectivity index (χ0n) is 16.8. The van der Waals surface area contributed by atoms with Gasteiger partial charge in [-0.3, -0.25) is 15.1 Å². The number of carbonyl (C=O) groups is 1. The minimum Gasteiger partial charge on any atom is -0.325 e. The number of nitrogens with zero attached hydrogens (tertiary/aromatic N) is 2. The number of amides is 2. The number of non-ortho nitro benzene ring substituents is 1. The van der Waals surface area contributed by atoms with E-state index < -0.39 is 46.2 Å². The summed E-state index contributed by atoms with van der Waals surface area (Å²) in [7, 11) is 0. The largest absolute Gasteiger partial charge is 0.418 e. The average molecular weight is 484 g/mol. The normalized spacial score (nSPS) is 12.6. The Balaban J connectivity index is 1.98. The van der Waals surface area contributed by atoms with Gasteiger partial charge in [-0.25, -0.2) is 4.79 Å². The first-order valence-electron chi connectivity index (χ1n) is 9.37. The van der Waals surface area contributed by atoms with Crippen LogP contribution < -0.4 is 10.6 Å². The van der Waals surface area contributed by atoms with E-state index in [1.807, 2.05) is 0 Å². The molecule has 1 unspecified atom stereocenters. The van der Waals surface area contributed by atoms with Crippen molar-refractivity contribution in [1.82, 2.24) is 10.3 Å². The summed E-state index contributed by atoms with van der Waals surface area (Å²) in [5, 5.41) is 15.4. The van der Waals surface area contributed by atoms with Crippen LogP contribution in [0.4, 0.5) is 42.5 Å². The first-order chi connectivity index (χ1) is 15.9. The number of aromatic nitrogens is 1. The Hall–Kier alpha value is -4.16. The number of alkyl halides is 6. The molecular formula is C21H14F6N4O3. The van der Waals surface area contributed by atoms with Gasteiger partial charge in [0.25, 0.3) is 5.69 Å². The molecule has 1 heterocycles. The number of anilines is 1. The molecule has 1 atom stereocenters. The SMILES string of the molecule is O=C(Nc1cccc([N+](=O)[O-])c1)NC(c1ccc(C(F)(F)F)cc1)c1ncccc1C(F)(F)F. The van der Waals surface area contributed by atoms with Gasteiger partial charge in [0.15, 0.2) is 0 Å². The molecule has 0 bridgehead atoms. The van der Waals surface area contributed by atoms with Gasteiger partial charge in [0.2, 0.25) is 0 Å². The monoisotopic (exact) mass is 484 g/mol. The first kappa shape index (κ1) is 24.5. The van der Waals surface area contributed by atoms with Crippen molar-refractivity contribution in [3.63, 3.8) is 0 Å². The molecule has 13 heteroatoms. The third-order valence-corrected chi connectivity index (χ3v) is 4.58. The van der Waals surface area contributed by atoms with Crippen LogP contribution in [0.1, 0.15) is 28.4 Å². The second kappa shape index (κ2) is 9.37. The van der Waals surface area contributed by atoms with Gasteiger partial charge in [-0.15, -0.1) is 0 Å². The fourth-order valence-electron chi connectivity index (χ4n) is 3.06. The lowest BCUT2D eigenvalue weighted by Crippen LogP contribution is -2.35. The minimum absolute atomic E-state index is 0.0325. The van der Waals surface area contributed by atoms with Crippen LogP contribution in [-0.4, -0.2) is 15.9 Å². The molecule has 0 saturated heterocycles. The summed E-state index contributed by atoms with van der Waals surface area (Å²) in [4.78, 5) is 26.5. The van der Waals surface area contributed by atoms with E-state index in [4.69, 9.17) is 0 Å². The van der Waals surface area contributed by atoms with Gasteiger partial charge in [-0.2, -0.15) is 26.3 Å². The lowest BCUT2D eigenvalue weighted by molar-refractivity contribution is -0.384. The molecule has 2 aromatic carbocycles. The van der Waals surface area contributed by atoms with Crippen LogP contribution in [0.3, 0.4) is 0 Å².